The van der Waals surface area contributed by atoms with E-state index in [1.807, 2.05) is 22.7 Å². The Labute approximate surface area is 137 Å². The van der Waals surface area contributed by atoms with E-state index in [4.69, 9.17) is 0 Å². The molecule has 0 unspecified atom stereocenters. The number of carbonyl (C=O) groups excluding carboxylic acids is 2. The maximum absolute atomic E-state index is 12.4. The van der Waals surface area contributed by atoms with Crippen LogP contribution in [0.15, 0.2) is 12.4 Å². The van der Waals surface area contributed by atoms with Gasteiger partial charge in [0.1, 0.15) is 0 Å². The number of hydrogen-bond acceptors (Lipinski definition) is 3. The summed E-state index contributed by atoms with van der Waals surface area (Å²) in [5.41, 5.74) is 1.18. The lowest BCUT2D eigenvalue weighted by Gasteiger charge is -2.34. The van der Waals surface area contributed by atoms with Gasteiger partial charge in [-0.3, -0.25) is 14.3 Å². The fourth-order valence-electron chi connectivity index (χ4n) is 3.49. The maximum atomic E-state index is 12.4. The number of aromatic nitrogens is 2. The van der Waals surface area contributed by atoms with Gasteiger partial charge in [-0.1, -0.05) is 0 Å². The molecule has 0 aromatic carbocycles. The summed E-state index contributed by atoms with van der Waals surface area (Å²) < 4.78 is 2.00. The van der Waals surface area contributed by atoms with Crippen molar-refractivity contribution in [2.45, 2.75) is 45.6 Å². The highest BCUT2D eigenvalue weighted by Crippen LogP contribution is 2.20. The number of rotatable bonds is 4. The zero-order valence-electron chi connectivity index (χ0n) is 13.9. The van der Waals surface area contributed by atoms with E-state index in [2.05, 4.69) is 11.3 Å². The molecular formula is C17H26N4O2. The van der Waals surface area contributed by atoms with Crippen LogP contribution in [0.5, 0.6) is 0 Å². The van der Waals surface area contributed by atoms with E-state index in [1.165, 1.54) is 5.56 Å². The SMILES string of the molecule is Cc1cnn(CC2CCN(C(=O)CN3CCCCC3=O)CC2)c1. The van der Waals surface area contributed by atoms with Gasteiger partial charge in [0.05, 0.1) is 12.7 Å². The van der Waals surface area contributed by atoms with Crippen molar-refractivity contribution in [3.63, 3.8) is 0 Å². The smallest absolute Gasteiger partial charge is 0.242 e. The highest BCUT2D eigenvalue weighted by molar-refractivity contribution is 5.85. The van der Waals surface area contributed by atoms with Gasteiger partial charge in [-0.25, -0.2) is 0 Å². The van der Waals surface area contributed by atoms with Crippen molar-refractivity contribution < 1.29 is 9.59 Å². The summed E-state index contributed by atoms with van der Waals surface area (Å²) in [6.07, 6.45) is 8.55. The van der Waals surface area contributed by atoms with Crippen molar-refractivity contribution in [1.29, 1.82) is 0 Å². The van der Waals surface area contributed by atoms with E-state index in [1.54, 1.807) is 4.90 Å². The zero-order valence-corrected chi connectivity index (χ0v) is 13.9. The van der Waals surface area contributed by atoms with Crippen LogP contribution in [0.4, 0.5) is 0 Å². The van der Waals surface area contributed by atoms with Gasteiger partial charge < -0.3 is 9.80 Å². The second-order valence-electron chi connectivity index (χ2n) is 6.84. The topological polar surface area (TPSA) is 58.4 Å². The Kier molecular flexibility index (Phi) is 4.98. The van der Waals surface area contributed by atoms with E-state index in [0.717, 1.165) is 51.9 Å². The number of carbonyl (C=O) groups is 2. The summed E-state index contributed by atoms with van der Waals surface area (Å²) in [7, 11) is 0. The van der Waals surface area contributed by atoms with Crippen molar-refractivity contribution in [2.75, 3.05) is 26.2 Å². The molecule has 2 fully saturated rings. The van der Waals surface area contributed by atoms with Crippen molar-refractivity contribution in [3.8, 4) is 0 Å². The predicted molar refractivity (Wildman–Crippen MR) is 86.7 cm³/mol. The van der Waals surface area contributed by atoms with Gasteiger partial charge in [-0.15, -0.1) is 0 Å². The molecule has 0 bridgehead atoms. The number of amides is 2. The third-order valence-electron chi connectivity index (χ3n) is 4.92. The number of piperidine rings is 2. The Balaban J connectivity index is 1.44. The van der Waals surface area contributed by atoms with Crippen LogP contribution in [0, 0.1) is 12.8 Å². The molecule has 23 heavy (non-hydrogen) atoms. The summed E-state index contributed by atoms with van der Waals surface area (Å²) in [6, 6.07) is 0. The fraction of sp³-hybridized carbons (Fsp3) is 0.706. The largest absolute Gasteiger partial charge is 0.341 e. The van der Waals surface area contributed by atoms with Crippen molar-refractivity contribution in [1.82, 2.24) is 19.6 Å². The molecule has 0 saturated carbocycles. The molecule has 0 N–H and O–H groups in total. The zero-order chi connectivity index (χ0) is 16.2. The van der Waals surface area contributed by atoms with Crippen LogP contribution in [0.3, 0.4) is 0 Å². The van der Waals surface area contributed by atoms with Gasteiger partial charge in [0, 0.05) is 38.8 Å². The molecule has 2 aliphatic rings. The number of likely N-dealkylation sites (tertiary alicyclic amines) is 2. The molecule has 2 saturated heterocycles. The molecule has 3 heterocycles. The second-order valence-corrected chi connectivity index (χ2v) is 6.84. The van der Waals surface area contributed by atoms with Gasteiger partial charge >= 0.3 is 0 Å². The number of hydrogen-bond donors (Lipinski definition) is 0. The average molecular weight is 318 g/mol. The Morgan fingerprint density at radius 3 is 2.70 bits per heavy atom. The molecule has 6 heteroatoms. The molecule has 2 aliphatic heterocycles. The van der Waals surface area contributed by atoms with Crippen LogP contribution in [0.2, 0.25) is 0 Å². The van der Waals surface area contributed by atoms with Crippen LogP contribution in [0.1, 0.15) is 37.7 Å². The quantitative estimate of drug-likeness (QED) is 0.844. The lowest BCUT2D eigenvalue weighted by molar-refractivity contribution is -0.142. The Morgan fingerprint density at radius 2 is 2.04 bits per heavy atom. The summed E-state index contributed by atoms with van der Waals surface area (Å²) in [4.78, 5) is 27.9. The lowest BCUT2D eigenvalue weighted by Crippen LogP contribution is -2.47. The maximum Gasteiger partial charge on any atom is 0.242 e. The molecule has 0 atom stereocenters. The van der Waals surface area contributed by atoms with Crippen molar-refractivity contribution in [3.05, 3.63) is 18.0 Å². The fourth-order valence-corrected chi connectivity index (χ4v) is 3.49. The van der Waals surface area contributed by atoms with Gasteiger partial charge in [0.15, 0.2) is 0 Å². The Hall–Kier alpha value is -1.85. The minimum atomic E-state index is 0.105. The van der Waals surface area contributed by atoms with Crippen LogP contribution >= 0.6 is 0 Å². The first-order valence-corrected chi connectivity index (χ1v) is 8.66. The molecule has 1 aromatic rings. The van der Waals surface area contributed by atoms with E-state index in [0.29, 0.717) is 12.3 Å². The highest BCUT2D eigenvalue weighted by Gasteiger charge is 2.26. The first-order valence-electron chi connectivity index (χ1n) is 8.66. The number of nitrogens with zero attached hydrogens (tertiary/aromatic N) is 4. The first kappa shape index (κ1) is 16.0. The molecule has 3 rings (SSSR count). The van der Waals surface area contributed by atoms with Crippen LogP contribution in [-0.4, -0.2) is 57.6 Å². The Morgan fingerprint density at radius 1 is 1.26 bits per heavy atom. The molecule has 0 spiro atoms. The normalized spacial score (nSPS) is 20.1. The van der Waals surface area contributed by atoms with Gasteiger partial charge in [-0.05, 0) is 44.1 Å². The molecule has 2 amide bonds. The van der Waals surface area contributed by atoms with Gasteiger partial charge in [-0.2, -0.15) is 5.10 Å². The third-order valence-corrected chi connectivity index (χ3v) is 4.92. The number of aryl methyl sites for hydroxylation is 1. The van der Waals surface area contributed by atoms with Crippen molar-refractivity contribution in [2.24, 2.45) is 5.92 Å². The monoisotopic (exact) mass is 318 g/mol. The van der Waals surface area contributed by atoms with E-state index in [-0.39, 0.29) is 18.4 Å². The summed E-state index contributed by atoms with van der Waals surface area (Å²) in [6.45, 7) is 5.58. The molecule has 0 aliphatic carbocycles. The van der Waals surface area contributed by atoms with Gasteiger partial charge in [0.25, 0.3) is 0 Å². The summed E-state index contributed by atoms with van der Waals surface area (Å²) in [5.74, 6) is 0.817. The minimum absolute atomic E-state index is 0.105. The van der Waals surface area contributed by atoms with Crippen LogP contribution in [-0.2, 0) is 16.1 Å². The minimum Gasteiger partial charge on any atom is -0.341 e. The molecule has 0 radical (unpaired) electrons. The first-order chi connectivity index (χ1) is 11.1. The standard InChI is InChI=1S/C17H26N4O2/c1-14-10-18-21(11-14)12-15-5-8-19(9-6-15)17(23)13-20-7-3-2-4-16(20)22/h10-11,15H,2-9,12-13H2,1H3. The molecule has 1 aromatic heterocycles. The van der Waals surface area contributed by atoms with Crippen molar-refractivity contribution >= 4 is 11.8 Å². The molecule has 6 nitrogen and oxygen atoms in total. The molecule has 126 valence electrons. The molecular weight excluding hydrogens is 292 g/mol. The predicted octanol–water partition coefficient (Wildman–Crippen LogP) is 1.44. The Bertz CT molecular complexity index is 561. The van der Waals surface area contributed by atoms with E-state index in [9.17, 15) is 9.59 Å². The highest BCUT2D eigenvalue weighted by atomic mass is 16.2. The van der Waals surface area contributed by atoms with E-state index < -0.39 is 0 Å². The lowest BCUT2D eigenvalue weighted by atomic mass is 9.96. The average Bonchev–Trinajstić information content (AvgIpc) is 2.95. The summed E-state index contributed by atoms with van der Waals surface area (Å²) in [5, 5.41) is 4.34. The second kappa shape index (κ2) is 7.15. The van der Waals surface area contributed by atoms with Crippen LogP contribution < -0.4 is 0 Å². The van der Waals surface area contributed by atoms with E-state index >= 15 is 0 Å². The summed E-state index contributed by atoms with van der Waals surface area (Å²) >= 11 is 0. The third kappa shape index (κ3) is 4.12. The van der Waals surface area contributed by atoms with Gasteiger partial charge in [0.2, 0.25) is 11.8 Å². The van der Waals surface area contributed by atoms with Crippen LogP contribution in [0.25, 0.3) is 0 Å².